The van der Waals surface area contributed by atoms with Gasteiger partial charge in [-0.3, -0.25) is 0 Å². The van der Waals surface area contributed by atoms with E-state index in [1.54, 1.807) is 0 Å². The van der Waals surface area contributed by atoms with E-state index in [9.17, 15) is 0 Å². The number of aryl methyl sites for hydroxylation is 1. The Balaban J connectivity index is 1.38. The van der Waals surface area contributed by atoms with Crippen molar-refractivity contribution in [1.82, 2.24) is 0 Å². The van der Waals surface area contributed by atoms with Crippen LogP contribution in [-0.2, 0) is 9.47 Å². The molecule has 0 amide bonds. The molecule has 2 aliphatic heterocycles. The van der Waals surface area contributed by atoms with Crippen LogP contribution in [0.1, 0.15) is 28.2 Å². The second-order valence-corrected chi connectivity index (χ2v) is 8.26. The van der Waals surface area contributed by atoms with Gasteiger partial charge in [-0.1, -0.05) is 54.1 Å². The van der Waals surface area contributed by atoms with Gasteiger partial charge in [-0.05, 0) is 47.9 Å². The summed E-state index contributed by atoms with van der Waals surface area (Å²) in [6, 6.07) is 26.5. The van der Waals surface area contributed by atoms with Crippen LogP contribution in [0, 0.1) is 6.92 Å². The van der Waals surface area contributed by atoms with Crippen molar-refractivity contribution in [3.05, 3.63) is 95.1 Å². The largest absolute Gasteiger partial charge is 0.382 e. The molecule has 154 valence electrons. The number of nitrogens with one attached hydrogen (secondary N) is 2. The highest BCUT2D eigenvalue weighted by atomic mass is 16.6. The molecule has 2 aliphatic rings. The van der Waals surface area contributed by atoms with E-state index in [0.29, 0.717) is 12.2 Å². The predicted molar refractivity (Wildman–Crippen MR) is 121 cm³/mol. The van der Waals surface area contributed by atoms with E-state index in [1.807, 2.05) is 0 Å². The summed E-state index contributed by atoms with van der Waals surface area (Å²) in [5.74, 6) is 0.201. The van der Waals surface area contributed by atoms with Crippen LogP contribution in [0.15, 0.2) is 72.8 Å². The van der Waals surface area contributed by atoms with Gasteiger partial charge in [-0.25, -0.2) is 0 Å². The summed E-state index contributed by atoms with van der Waals surface area (Å²) >= 11 is 0. The predicted octanol–water partition coefficient (Wildman–Crippen LogP) is 4.80. The van der Waals surface area contributed by atoms with Gasteiger partial charge in [-0.2, -0.15) is 0 Å². The summed E-state index contributed by atoms with van der Waals surface area (Å²) in [5, 5.41) is 6.90. The molecule has 2 fully saturated rings. The van der Waals surface area contributed by atoms with E-state index >= 15 is 0 Å². The van der Waals surface area contributed by atoms with Crippen molar-refractivity contribution in [2.45, 2.75) is 25.0 Å². The Morgan fingerprint density at radius 3 is 1.40 bits per heavy atom. The molecule has 0 aromatic heterocycles. The van der Waals surface area contributed by atoms with Crippen LogP contribution in [0.3, 0.4) is 0 Å². The zero-order valence-electron chi connectivity index (χ0n) is 17.3. The quantitative estimate of drug-likeness (QED) is 0.400. The SMILES string of the molecule is Cc1ccc(C(c2ccc(NCC3CO3)cc2)c2ccc(NCC3CO3)cc2)cc1. The standard InChI is InChI=1S/C26H28N2O2/c1-18-2-4-19(5-3-18)26(20-6-10-22(11-7-20)27-14-24-16-29-24)21-8-12-23(13-9-21)28-15-25-17-30-25/h2-13,24-28H,14-17H2,1H3. The van der Waals surface area contributed by atoms with Crippen LogP contribution < -0.4 is 10.6 Å². The summed E-state index contributed by atoms with van der Waals surface area (Å²) in [6.45, 7) is 5.63. The molecule has 2 unspecified atom stereocenters. The highest BCUT2D eigenvalue weighted by molar-refractivity contribution is 5.52. The first-order valence-electron chi connectivity index (χ1n) is 10.7. The molecule has 2 atom stereocenters. The van der Waals surface area contributed by atoms with Crippen LogP contribution in [0.25, 0.3) is 0 Å². The van der Waals surface area contributed by atoms with Crippen molar-refractivity contribution in [1.29, 1.82) is 0 Å². The summed E-state index contributed by atoms with van der Waals surface area (Å²) in [5.41, 5.74) is 7.44. The third kappa shape index (κ3) is 4.84. The van der Waals surface area contributed by atoms with Gasteiger partial charge in [-0.15, -0.1) is 0 Å². The lowest BCUT2D eigenvalue weighted by atomic mass is 9.85. The molecule has 0 bridgehead atoms. The fraction of sp³-hybridized carbons (Fsp3) is 0.308. The summed E-state index contributed by atoms with van der Waals surface area (Å²) in [4.78, 5) is 0. The molecule has 3 aromatic rings. The Bertz CT molecular complexity index is 900. The summed E-state index contributed by atoms with van der Waals surface area (Å²) < 4.78 is 10.6. The number of ether oxygens (including phenoxy) is 2. The number of hydrogen-bond acceptors (Lipinski definition) is 4. The van der Waals surface area contributed by atoms with E-state index in [0.717, 1.165) is 37.7 Å². The third-order valence-electron chi connectivity index (χ3n) is 5.77. The highest BCUT2D eigenvalue weighted by Gasteiger charge is 2.23. The molecule has 0 spiro atoms. The minimum absolute atomic E-state index is 0.201. The van der Waals surface area contributed by atoms with Gasteiger partial charge >= 0.3 is 0 Å². The lowest BCUT2D eigenvalue weighted by Gasteiger charge is -2.20. The summed E-state index contributed by atoms with van der Waals surface area (Å²) in [7, 11) is 0. The first-order valence-corrected chi connectivity index (χ1v) is 10.7. The molecular weight excluding hydrogens is 372 g/mol. The third-order valence-corrected chi connectivity index (χ3v) is 5.77. The van der Waals surface area contributed by atoms with E-state index < -0.39 is 0 Å². The van der Waals surface area contributed by atoms with Crippen LogP contribution in [0.2, 0.25) is 0 Å². The maximum atomic E-state index is 5.29. The van der Waals surface area contributed by atoms with E-state index in [-0.39, 0.29) is 5.92 Å². The lowest BCUT2D eigenvalue weighted by Crippen LogP contribution is -2.09. The molecule has 0 saturated carbocycles. The van der Waals surface area contributed by atoms with Crippen LogP contribution >= 0.6 is 0 Å². The minimum Gasteiger partial charge on any atom is -0.382 e. The Kier molecular flexibility index (Phi) is 5.43. The topological polar surface area (TPSA) is 49.1 Å². The molecule has 30 heavy (non-hydrogen) atoms. The molecule has 3 aromatic carbocycles. The molecule has 4 heteroatoms. The Morgan fingerprint density at radius 1 is 0.667 bits per heavy atom. The van der Waals surface area contributed by atoms with E-state index in [1.165, 1.54) is 22.3 Å². The van der Waals surface area contributed by atoms with Crippen molar-refractivity contribution < 1.29 is 9.47 Å². The first kappa shape index (κ1) is 19.2. The average Bonchev–Trinajstić information content (AvgIpc) is 3.69. The maximum Gasteiger partial charge on any atom is 0.0981 e. The van der Waals surface area contributed by atoms with Crippen molar-refractivity contribution >= 4 is 11.4 Å². The molecule has 2 N–H and O–H groups in total. The van der Waals surface area contributed by atoms with E-state index in [4.69, 9.17) is 9.47 Å². The molecule has 2 saturated heterocycles. The minimum atomic E-state index is 0.201. The normalized spacial score (nSPS) is 20.4. The van der Waals surface area contributed by atoms with Crippen molar-refractivity contribution in [3.63, 3.8) is 0 Å². The first-order chi connectivity index (χ1) is 14.7. The smallest absolute Gasteiger partial charge is 0.0981 e. The zero-order valence-corrected chi connectivity index (χ0v) is 17.3. The van der Waals surface area contributed by atoms with Gasteiger partial charge in [0.05, 0.1) is 25.4 Å². The highest BCUT2D eigenvalue weighted by Crippen LogP contribution is 2.33. The van der Waals surface area contributed by atoms with Gasteiger partial charge in [0.2, 0.25) is 0 Å². The van der Waals surface area contributed by atoms with Gasteiger partial charge in [0.25, 0.3) is 0 Å². The summed E-state index contributed by atoms with van der Waals surface area (Å²) in [6.07, 6.45) is 0.757. The van der Waals surface area contributed by atoms with Crippen molar-refractivity contribution in [3.8, 4) is 0 Å². The monoisotopic (exact) mass is 400 g/mol. The number of anilines is 2. The molecule has 2 heterocycles. The fourth-order valence-electron chi connectivity index (χ4n) is 3.76. The number of benzene rings is 3. The molecule has 5 rings (SSSR count). The van der Waals surface area contributed by atoms with Crippen molar-refractivity contribution in [2.75, 3.05) is 36.9 Å². The molecular formula is C26H28N2O2. The van der Waals surface area contributed by atoms with Crippen LogP contribution in [0.4, 0.5) is 11.4 Å². The van der Waals surface area contributed by atoms with Gasteiger partial charge in [0, 0.05) is 30.4 Å². The Morgan fingerprint density at radius 2 is 1.03 bits per heavy atom. The second-order valence-electron chi connectivity index (χ2n) is 8.26. The molecule has 0 aliphatic carbocycles. The number of rotatable bonds is 9. The molecule has 4 nitrogen and oxygen atoms in total. The van der Waals surface area contributed by atoms with E-state index in [2.05, 4.69) is 90.4 Å². The second kappa shape index (κ2) is 8.50. The Labute approximate surface area is 178 Å². The lowest BCUT2D eigenvalue weighted by molar-refractivity contribution is 0.416. The van der Waals surface area contributed by atoms with Crippen molar-refractivity contribution in [2.24, 2.45) is 0 Å². The fourth-order valence-corrected chi connectivity index (χ4v) is 3.76. The van der Waals surface area contributed by atoms with Crippen LogP contribution in [-0.4, -0.2) is 38.5 Å². The number of epoxide rings is 2. The van der Waals surface area contributed by atoms with Gasteiger partial charge < -0.3 is 20.1 Å². The number of hydrogen-bond donors (Lipinski definition) is 2. The maximum absolute atomic E-state index is 5.29. The molecule has 0 radical (unpaired) electrons. The van der Waals surface area contributed by atoms with Gasteiger partial charge in [0.15, 0.2) is 0 Å². The zero-order chi connectivity index (χ0) is 20.3. The van der Waals surface area contributed by atoms with Gasteiger partial charge in [0.1, 0.15) is 0 Å². The van der Waals surface area contributed by atoms with Crippen LogP contribution in [0.5, 0.6) is 0 Å². The average molecular weight is 401 g/mol. The Hall–Kier alpha value is -2.82.